The average Bonchev–Trinajstić information content (AvgIpc) is 3.05. The zero-order valence-electron chi connectivity index (χ0n) is 12.5. The predicted octanol–water partition coefficient (Wildman–Crippen LogP) is 2.52. The molecule has 0 unspecified atom stereocenters. The van der Waals surface area contributed by atoms with Crippen molar-refractivity contribution in [1.82, 2.24) is 10.3 Å². The van der Waals surface area contributed by atoms with Crippen molar-refractivity contribution in [2.45, 2.75) is 18.4 Å². The second-order valence-electron chi connectivity index (χ2n) is 5.30. The lowest BCUT2D eigenvalue weighted by Crippen LogP contribution is -2.51. The molecule has 22 heavy (non-hydrogen) atoms. The molecule has 1 saturated heterocycles. The maximum absolute atomic E-state index is 12.6. The Morgan fingerprint density at radius 3 is 2.73 bits per heavy atom. The highest BCUT2D eigenvalue weighted by molar-refractivity contribution is 7.19. The number of hydrogen-bond acceptors (Lipinski definition) is 5. The molecule has 2 aromatic rings. The van der Waals surface area contributed by atoms with E-state index in [-0.39, 0.29) is 5.91 Å². The third-order valence-corrected chi connectivity index (χ3v) is 4.96. The zero-order chi connectivity index (χ0) is 15.4. The Balaban J connectivity index is 1.73. The Morgan fingerprint density at radius 2 is 2.05 bits per heavy atom. The topological polar surface area (TPSA) is 63.2 Å². The van der Waals surface area contributed by atoms with Crippen molar-refractivity contribution in [2.24, 2.45) is 0 Å². The Labute approximate surface area is 133 Å². The van der Waals surface area contributed by atoms with Crippen LogP contribution in [0.4, 0.5) is 5.13 Å². The minimum absolute atomic E-state index is 0.106. The van der Waals surface area contributed by atoms with E-state index >= 15 is 0 Å². The van der Waals surface area contributed by atoms with Gasteiger partial charge in [0.25, 0.3) is 5.91 Å². The number of methoxy groups -OCH3 is 1. The fourth-order valence-corrected chi connectivity index (χ4v) is 3.45. The van der Waals surface area contributed by atoms with E-state index in [4.69, 9.17) is 4.74 Å². The van der Waals surface area contributed by atoms with Gasteiger partial charge in [0.05, 0.1) is 4.88 Å². The molecule has 0 saturated carbocycles. The van der Waals surface area contributed by atoms with Gasteiger partial charge >= 0.3 is 0 Å². The van der Waals surface area contributed by atoms with E-state index in [1.165, 1.54) is 11.3 Å². The molecule has 5 nitrogen and oxygen atoms in total. The summed E-state index contributed by atoms with van der Waals surface area (Å²) in [5.41, 5.74) is 0.355. The first-order chi connectivity index (χ1) is 10.7. The maximum atomic E-state index is 12.6. The van der Waals surface area contributed by atoms with Gasteiger partial charge in [0.2, 0.25) is 0 Å². The zero-order valence-corrected chi connectivity index (χ0v) is 13.3. The van der Waals surface area contributed by atoms with Crippen molar-refractivity contribution in [2.75, 3.05) is 25.5 Å². The third kappa shape index (κ3) is 3.04. The minimum Gasteiger partial charge on any atom is -0.368 e. The average molecular weight is 317 g/mol. The fraction of sp³-hybridized carbons (Fsp3) is 0.375. The molecular formula is C16H19N3O2S. The molecule has 0 spiro atoms. The molecule has 1 amide bonds. The first-order valence-electron chi connectivity index (χ1n) is 7.32. The third-order valence-electron chi connectivity index (χ3n) is 4.00. The van der Waals surface area contributed by atoms with Crippen LogP contribution in [0.5, 0.6) is 0 Å². The van der Waals surface area contributed by atoms with Gasteiger partial charge in [-0.15, -0.1) is 0 Å². The first kappa shape index (κ1) is 15.1. The van der Waals surface area contributed by atoms with E-state index in [1.54, 1.807) is 13.3 Å². The van der Waals surface area contributed by atoms with Crippen LogP contribution in [0.15, 0.2) is 36.5 Å². The fourth-order valence-electron chi connectivity index (χ4n) is 2.63. The molecule has 0 bridgehead atoms. The molecule has 1 aromatic carbocycles. The van der Waals surface area contributed by atoms with Crippen LogP contribution >= 0.6 is 11.3 Å². The summed E-state index contributed by atoms with van der Waals surface area (Å²) in [5.74, 6) is -0.106. The van der Waals surface area contributed by atoms with Crippen molar-refractivity contribution in [3.63, 3.8) is 0 Å². The molecule has 3 rings (SSSR count). The number of nitrogens with one attached hydrogen (secondary N) is 2. The van der Waals surface area contributed by atoms with Crippen LogP contribution in [0.1, 0.15) is 12.8 Å². The first-order valence-corrected chi connectivity index (χ1v) is 8.14. The van der Waals surface area contributed by atoms with E-state index < -0.39 is 5.60 Å². The van der Waals surface area contributed by atoms with E-state index in [9.17, 15) is 4.79 Å². The van der Waals surface area contributed by atoms with Gasteiger partial charge in [-0.2, -0.15) is 0 Å². The van der Waals surface area contributed by atoms with Crippen molar-refractivity contribution in [1.29, 1.82) is 0 Å². The SMILES string of the molecule is COC1(C(=O)Nc2ncc(-c3ccccc3)s2)CCNCC1. The molecule has 1 fully saturated rings. The molecule has 6 heteroatoms. The number of hydrogen-bond donors (Lipinski definition) is 2. The molecule has 1 aromatic heterocycles. The highest BCUT2D eigenvalue weighted by Crippen LogP contribution is 2.30. The smallest absolute Gasteiger partial charge is 0.258 e. The van der Waals surface area contributed by atoms with E-state index in [0.717, 1.165) is 23.5 Å². The summed E-state index contributed by atoms with van der Waals surface area (Å²) >= 11 is 1.47. The van der Waals surface area contributed by atoms with Crippen LogP contribution in [0.25, 0.3) is 10.4 Å². The number of carbonyl (C=O) groups is 1. The van der Waals surface area contributed by atoms with Crippen LogP contribution in [0.3, 0.4) is 0 Å². The van der Waals surface area contributed by atoms with Crippen molar-refractivity contribution in [3.8, 4) is 10.4 Å². The summed E-state index contributed by atoms with van der Waals surface area (Å²) in [6.45, 7) is 1.57. The lowest BCUT2D eigenvalue weighted by Gasteiger charge is -2.34. The number of carbonyl (C=O) groups excluding carboxylic acids is 1. The number of rotatable bonds is 4. The van der Waals surface area contributed by atoms with Crippen LogP contribution < -0.4 is 10.6 Å². The number of thiazole rings is 1. The number of aromatic nitrogens is 1. The lowest BCUT2D eigenvalue weighted by molar-refractivity contribution is -0.140. The van der Waals surface area contributed by atoms with Gasteiger partial charge < -0.3 is 10.1 Å². The van der Waals surface area contributed by atoms with Gasteiger partial charge in [-0.3, -0.25) is 10.1 Å². The summed E-state index contributed by atoms with van der Waals surface area (Å²) in [6, 6.07) is 10.0. The molecule has 1 aliphatic heterocycles. The number of nitrogens with zero attached hydrogens (tertiary/aromatic N) is 1. The molecular weight excluding hydrogens is 298 g/mol. The van der Waals surface area contributed by atoms with Gasteiger partial charge in [-0.1, -0.05) is 41.7 Å². The Kier molecular flexibility index (Phi) is 4.52. The number of piperidine rings is 1. The van der Waals surface area contributed by atoms with Gasteiger partial charge in [-0.25, -0.2) is 4.98 Å². The van der Waals surface area contributed by atoms with Gasteiger partial charge in [0.15, 0.2) is 5.13 Å². The van der Waals surface area contributed by atoms with Gasteiger partial charge in [0, 0.05) is 13.3 Å². The van der Waals surface area contributed by atoms with E-state index in [1.807, 2.05) is 30.3 Å². The maximum Gasteiger partial charge on any atom is 0.258 e. The largest absolute Gasteiger partial charge is 0.368 e. The Morgan fingerprint density at radius 1 is 1.32 bits per heavy atom. The Hall–Kier alpha value is -1.76. The summed E-state index contributed by atoms with van der Waals surface area (Å²) in [4.78, 5) is 17.9. The summed E-state index contributed by atoms with van der Waals surface area (Å²) in [5, 5.41) is 6.76. The van der Waals surface area contributed by atoms with Crippen LogP contribution in [0, 0.1) is 0 Å². The van der Waals surface area contributed by atoms with Gasteiger partial charge in [0.1, 0.15) is 5.60 Å². The summed E-state index contributed by atoms with van der Waals surface area (Å²) < 4.78 is 5.53. The highest BCUT2D eigenvalue weighted by atomic mass is 32.1. The van der Waals surface area contributed by atoms with Crippen LogP contribution in [-0.4, -0.2) is 36.7 Å². The second kappa shape index (κ2) is 6.56. The standard InChI is InChI=1S/C16H19N3O2S/c1-21-16(7-9-17-10-8-16)14(20)19-15-18-11-13(22-15)12-5-3-2-4-6-12/h2-6,11,17H,7-10H2,1H3,(H,18,19,20). The van der Waals surface area contributed by atoms with Crippen molar-refractivity contribution >= 4 is 22.4 Å². The Bertz CT molecular complexity index is 636. The molecule has 0 aliphatic carbocycles. The normalized spacial score (nSPS) is 17.1. The monoisotopic (exact) mass is 317 g/mol. The highest BCUT2D eigenvalue weighted by Gasteiger charge is 2.40. The number of amides is 1. The van der Waals surface area contributed by atoms with Gasteiger partial charge in [-0.05, 0) is 31.5 Å². The van der Waals surface area contributed by atoms with Crippen molar-refractivity contribution in [3.05, 3.63) is 36.5 Å². The van der Waals surface area contributed by atoms with E-state index in [0.29, 0.717) is 18.0 Å². The molecule has 1 aliphatic rings. The van der Waals surface area contributed by atoms with Crippen LogP contribution in [-0.2, 0) is 9.53 Å². The second-order valence-corrected chi connectivity index (χ2v) is 6.33. The summed E-state index contributed by atoms with van der Waals surface area (Å²) in [7, 11) is 1.60. The van der Waals surface area contributed by atoms with E-state index in [2.05, 4.69) is 15.6 Å². The minimum atomic E-state index is -0.746. The number of ether oxygens (including phenoxy) is 1. The summed E-state index contributed by atoms with van der Waals surface area (Å²) in [6.07, 6.45) is 3.13. The predicted molar refractivity (Wildman–Crippen MR) is 88.0 cm³/mol. The number of benzene rings is 1. The lowest BCUT2D eigenvalue weighted by atomic mass is 9.91. The molecule has 0 radical (unpaired) electrons. The quantitative estimate of drug-likeness (QED) is 0.909. The number of anilines is 1. The molecule has 0 atom stereocenters. The molecule has 116 valence electrons. The van der Waals surface area contributed by atoms with Crippen molar-refractivity contribution < 1.29 is 9.53 Å². The molecule has 2 heterocycles. The molecule has 2 N–H and O–H groups in total. The van der Waals surface area contributed by atoms with Crippen LogP contribution in [0.2, 0.25) is 0 Å².